The number of alkyl halides is 1. The Kier molecular flexibility index (Phi) is 3.97. The van der Waals surface area contributed by atoms with Gasteiger partial charge in [-0.15, -0.1) is 10.2 Å². The standard InChI is InChI=1S/C11H18BrN3O/c1-3-9-8(5-6-16-9)11-14-13-10(7-12)15(11)4-2/h8-9H,3-7H2,1-2H3. The van der Waals surface area contributed by atoms with Crippen molar-refractivity contribution in [3.05, 3.63) is 11.6 Å². The molecule has 2 unspecified atom stereocenters. The van der Waals surface area contributed by atoms with Crippen molar-refractivity contribution < 1.29 is 4.74 Å². The van der Waals surface area contributed by atoms with Gasteiger partial charge in [0.2, 0.25) is 0 Å². The van der Waals surface area contributed by atoms with E-state index in [1.165, 1.54) is 0 Å². The minimum Gasteiger partial charge on any atom is -0.377 e. The summed E-state index contributed by atoms with van der Waals surface area (Å²) in [4.78, 5) is 0. The van der Waals surface area contributed by atoms with E-state index >= 15 is 0 Å². The number of nitrogens with zero attached hydrogens (tertiary/aromatic N) is 3. The summed E-state index contributed by atoms with van der Waals surface area (Å²) < 4.78 is 7.92. The van der Waals surface area contributed by atoms with Gasteiger partial charge in [-0.25, -0.2) is 0 Å². The smallest absolute Gasteiger partial charge is 0.143 e. The highest BCUT2D eigenvalue weighted by Gasteiger charge is 2.32. The molecule has 90 valence electrons. The van der Waals surface area contributed by atoms with Gasteiger partial charge in [0.05, 0.1) is 11.4 Å². The lowest BCUT2D eigenvalue weighted by Crippen LogP contribution is -2.18. The number of hydrogen-bond acceptors (Lipinski definition) is 3. The first-order valence-electron chi connectivity index (χ1n) is 5.91. The van der Waals surface area contributed by atoms with Crippen molar-refractivity contribution in [2.75, 3.05) is 6.61 Å². The molecule has 4 nitrogen and oxygen atoms in total. The highest BCUT2D eigenvalue weighted by molar-refractivity contribution is 9.08. The third-order valence-electron chi connectivity index (χ3n) is 3.24. The van der Waals surface area contributed by atoms with Gasteiger partial charge in [-0.3, -0.25) is 0 Å². The average molecular weight is 288 g/mol. The molecule has 5 heteroatoms. The Balaban J connectivity index is 2.28. The normalized spacial score (nSPS) is 25.2. The molecule has 0 radical (unpaired) electrons. The van der Waals surface area contributed by atoms with Crippen molar-refractivity contribution in [2.45, 2.75) is 50.6 Å². The Morgan fingerprint density at radius 3 is 2.88 bits per heavy atom. The van der Waals surface area contributed by atoms with Gasteiger partial charge >= 0.3 is 0 Å². The van der Waals surface area contributed by atoms with Gasteiger partial charge < -0.3 is 9.30 Å². The molecule has 1 aliphatic heterocycles. The Bertz CT molecular complexity index is 353. The number of hydrogen-bond donors (Lipinski definition) is 0. The third kappa shape index (κ3) is 2.02. The molecule has 0 bridgehead atoms. The summed E-state index contributed by atoms with van der Waals surface area (Å²) in [5, 5.41) is 9.33. The van der Waals surface area contributed by atoms with Crippen LogP contribution in [0, 0.1) is 0 Å². The van der Waals surface area contributed by atoms with Crippen LogP contribution in [0.1, 0.15) is 44.3 Å². The summed E-state index contributed by atoms with van der Waals surface area (Å²) in [5.41, 5.74) is 0. The molecule has 0 saturated carbocycles. The van der Waals surface area contributed by atoms with Gasteiger partial charge in [0.15, 0.2) is 0 Å². The van der Waals surface area contributed by atoms with Crippen molar-refractivity contribution in [1.82, 2.24) is 14.8 Å². The molecule has 0 aliphatic carbocycles. The van der Waals surface area contributed by atoms with Crippen molar-refractivity contribution in [3.8, 4) is 0 Å². The maximum atomic E-state index is 5.72. The lowest BCUT2D eigenvalue weighted by atomic mass is 9.99. The monoisotopic (exact) mass is 287 g/mol. The fourth-order valence-corrected chi connectivity index (χ4v) is 2.83. The van der Waals surface area contributed by atoms with Crippen LogP contribution in [0.25, 0.3) is 0 Å². The van der Waals surface area contributed by atoms with E-state index in [4.69, 9.17) is 4.74 Å². The highest BCUT2D eigenvalue weighted by Crippen LogP contribution is 2.32. The molecule has 2 rings (SSSR count). The van der Waals surface area contributed by atoms with Gasteiger partial charge in [0.1, 0.15) is 11.6 Å². The Labute approximate surface area is 105 Å². The van der Waals surface area contributed by atoms with E-state index in [1.54, 1.807) is 0 Å². The van der Waals surface area contributed by atoms with Crippen LogP contribution in [0.5, 0.6) is 0 Å². The van der Waals surface area contributed by atoms with Gasteiger partial charge in [-0.1, -0.05) is 22.9 Å². The second-order valence-corrected chi connectivity index (χ2v) is 4.63. The van der Waals surface area contributed by atoms with E-state index in [0.717, 1.165) is 43.0 Å². The van der Waals surface area contributed by atoms with Gasteiger partial charge in [-0.2, -0.15) is 0 Å². The van der Waals surface area contributed by atoms with Gasteiger partial charge in [0.25, 0.3) is 0 Å². The van der Waals surface area contributed by atoms with Crippen LogP contribution in [0.15, 0.2) is 0 Å². The number of aromatic nitrogens is 3. The lowest BCUT2D eigenvalue weighted by Gasteiger charge is -2.17. The molecule has 1 aromatic rings. The molecule has 0 aromatic carbocycles. The molecule has 1 aromatic heterocycles. The minimum atomic E-state index is 0.317. The number of ether oxygens (including phenoxy) is 1. The Hall–Kier alpha value is -0.420. The van der Waals surface area contributed by atoms with Crippen LogP contribution in [0.4, 0.5) is 0 Å². The predicted octanol–water partition coefficient (Wildman–Crippen LogP) is 2.48. The molecule has 1 aliphatic rings. The van der Waals surface area contributed by atoms with Crippen molar-refractivity contribution in [2.24, 2.45) is 0 Å². The quantitative estimate of drug-likeness (QED) is 0.799. The molecule has 0 amide bonds. The minimum absolute atomic E-state index is 0.317. The number of rotatable bonds is 4. The van der Waals surface area contributed by atoms with E-state index in [1.807, 2.05) is 0 Å². The van der Waals surface area contributed by atoms with Crippen LogP contribution < -0.4 is 0 Å². The zero-order valence-electron chi connectivity index (χ0n) is 9.82. The van der Waals surface area contributed by atoms with Crippen molar-refractivity contribution in [1.29, 1.82) is 0 Å². The lowest BCUT2D eigenvalue weighted by molar-refractivity contribution is 0.0988. The van der Waals surface area contributed by atoms with Crippen molar-refractivity contribution in [3.63, 3.8) is 0 Å². The summed E-state index contributed by atoms with van der Waals surface area (Å²) in [6.45, 7) is 6.08. The first kappa shape index (κ1) is 12.0. The summed E-state index contributed by atoms with van der Waals surface area (Å²) in [6.07, 6.45) is 2.43. The highest BCUT2D eigenvalue weighted by atomic mass is 79.9. The molecule has 1 fully saturated rings. The SMILES string of the molecule is CCC1OCCC1c1nnc(CBr)n1CC. The number of halogens is 1. The molecule has 2 heterocycles. The summed E-state index contributed by atoms with van der Waals surface area (Å²) in [7, 11) is 0. The Morgan fingerprint density at radius 1 is 1.44 bits per heavy atom. The van der Waals surface area contributed by atoms with Crippen LogP contribution in [0.2, 0.25) is 0 Å². The summed E-state index contributed by atoms with van der Waals surface area (Å²) in [6, 6.07) is 0. The van der Waals surface area contributed by atoms with Crippen LogP contribution in [-0.4, -0.2) is 27.5 Å². The molecule has 0 spiro atoms. The average Bonchev–Trinajstić information content (AvgIpc) is 2.93. The van der Waals surface area contributed by atoms with E-state index < -0.39 is 0 Å². The topological polar surface area (TPSA) is 39.9 Å². The van der Waals surface area contributed by atoms with Crippen molar-refractivity contribution >= 4 is 15.9 Å². The van der Waals surface area contributed by atoms with Gasteiger partial charge in [-0.05, 0) is 19.8 Å². The van der Waals surface area contributed by atoms with E-state index in [2.05, 4.69) is 44.5 Å². The second-order valence-electron chi connectivity index (χ2n) is 4.06. The first-order valence-corrected chi connectivity index (χ1v) is 7.03. The maximum absolute atomic E-state index is 5.72. The summed E-state index contributed by atoms with van der Waals surface area (Å²) in [5.74, 6) is 2.53. The zero-order valence-corrected chi connectivity index (χ0v) is 11.4. The molecule has 0 N–H and O–H groups in total. The molecular weight excluding hydrogens is 270 g/mol. The molecule has 16 heavy (non-hydrogen) atoms. The Morgan fingerprint density at radius 2 is 2.25 bits per heavy atom. The molecular formula is C11H18BrN3O. The predicted molar refractivity (Wildman–Crippen MR) is 65.7 cm³/mol. The fraction of sp³-hybridized carbons (Fsp3) is 0.818. The van der Waals surface area contributed by atoms with Crippen LogP contribution >= 0.6 is 15.9 Å². The third-order valence-corrected chi connectivity index (χ3v) is 3.74. The molecule has 1 saturated heterocycles. The van der Waals surface area contributed by atoms with E-state index in [0.29, 0.717) is 12.0 Å². The van der Waals surface area contributed by atoms with E-state index in [-0.39, 0.29) is 0 Å². The van der Waals surface area contributed by atoms with Crippen LogP contribution in [0.3, 0.4) is 0 Å². The largest absolute Gasteiger partial charge is 0.377 e. The first-order chi connectivity index (χ1) is 7.81. The zero-order chi connectivity index (χ0) is 11.5. The van der Waals surface area contributed by atoms with E-state index in [9.17, 15) is 0 Å². The van der Waals surface area contributed by atoms with Gasteiger partial charge in [0, 0.05) is 19.1 Å². The van der Waals surface area contributed by atoms with Crippen LogP contribution in [-0.2, 0) is 16.6 Å². The second kappa shape index (κ2) is 5.27. The maximum Gasteiger partial charge on any atom is 0.143 e. The summed E-state index contributed by atoms with van der Waals surface area (Å²) >= 11 is 3.45. The molecule has 2 atom stereocenters. The fourth-order valence-electron chi connectivity index (χ4n) is 2.41.